The summed E-state index contributed by atoms with van der Waals surface area (Å²) in [5, 5.41) is 11.2. The molecule has 1 atom stereocenters. The summed E-state index contributed by atoms with van der Waals surface area (Å²) >= 11 is 3.32. The van der Waals surface area contributed by atoms with E-state index >= 15 is 0 Å². The number of rotatable bonds is 5. The van der Waals surface area contributed by atoms with Gasteiger partial charge in [0.05, 0.1) is 35.8 Å². The van der Waals surface area contributed by atoms with Gasteiger partial charge in [-0.3, -0.25) is 19.0 Å². The lowest BCUT2D eigenvalue weighted by molar-refractivity contribution is -0.119. The van der Waals surface area contributed by atoms with Gasteiger partial charge in [0.15, 0.2) is 0 Å². The van der Waals surface area contributed by atoms with E-state index in [9.17, 15) is 9.59 Å². The van der Waals surface area contributed by atoms with Gasteiger partial charge in [0.25, 0.3) is 5.91 Å². The predicted octanol–water partition coefficient (Wildman–Crippen LogP) is 1.53. The quantitative estimate of drug-likeness (QED) is 0.785. The van der Waals surface area contributed by atoms with Crippen LogP contribution in [0, 0.1) is 0 Å². The number of carbonyl (C=O) groups is 2. The van der Waals surface area contributed by atoms with Crippen molar-refractivity contribution < 1.29 is 14.3 Å². The molecule has 0 spiro atoms. The van der Waals surface area contributed by atoms with Gasteiger partial charge < -0.3 is 15.0 Å². The molecular formula is C16H21BrN6O3. The van der Waals surface area contributed by atoms with Crippen LogP contribution >= 0.6 is 15.9 Å². The van der Waals surface area contributed by atoms with Crippen LogP contribution < -0.4 is 5.32 Å². The largest absolute Gasteiger partial charge is 0.378 e. The van der Waals surface area contributed by atoms with Gasteiger partial charge in [-0.25, -0.2) is 0 Å². The Kier molecular flexibility index (Phi) is 5.72. The molecule has 3 rings (SSSR count). The molecule has 26 heavy (non-hydrogen) atoms. The van der Waals surface area contributed by atoms with Crippen LogP contribution in [0.3, 0.4) is 0 Å². The number of nitrogens with one attached hydrogen (secondary N) is 1. The zero-order valence-corrected chi connectivity index (χ0v) is 16.3. The zero-order valence-electron chi connectivity index (χ0n) is 14.7. The normalized spacial score (nSPS) is 15.7. The van der Waals surface area contributed by atoms with Crippen molar-refractivity contribution in [3.05, 3.63) is 28.8 Å². The standard InChI is InChI=1S/C16H21BrN6O3/c1-3-22-14(16(25)21-4-6-26-7-5-21)13(9-19-22)20-15(24)11(2)23-10-12(17)8-18-23/h8-11H,3-7H2,1-2H3,(H,20,24). The van der Waals surface area contributed by atoms with Gasteiger partial charge in [-0.05, 0) is 29.8 Å². The van der Waals surface area contributed by atoms with Crippen LogP contribution in [0.4, 0.5) is 5.69 Å². The zero-order chi connectivity index (χ0) is 18.7. The van der Waals surface area contributed by atoms with Crippen molar-refractivity contribution in [3.8, 4) is 0 Å². The van der Waals surface area contributed by atoms with Crippen LogP contribution in [-0.4, -0.2) is 62.6 Å². The molecule has 10 heteroatoms. The van der Waals surface area contributed by atoms with E-state index in [4.69, 9.17) is 4.74 Å². The number of anilines is 1. The molecule has 3 heterocycles. The number of aryl methyl sites for hydroxylation is 1. The fourth-order valence-corrected chi connectivity index (χ4v) is 3.04. The third-order valence-electron chi connectivity index (χ3n) is 4.24. The van der Waals surface area contributed by atoms with Crippen LogP contribution in [0.1, 0.15) is 30.4 Å². The SMILES string of the molecule is CCn1ncc(NC(=O)C(C)n2cc(Br)cn2)c1C(=O)N1CCOCC1. The Labute approximate surface area is 159 Å². The molecule has 0 saturated carbocycles. The van der Waals surface area contributed by atoms with E-state index in [0.29, 0.717) is 44.2 Å². The lowest BCUT2D eigenvalue weighted by atomic mass is 10.2. The summed E-state index contributed by atoms with van der Waals surface area (Å²) in [6.45, 7) is 6.25. The number of ether oxygens (including phenoxy) is 1. The molecule has 2 aromatic rings. The molecule has 0 aromatic carbocycles. The molecular weight excluding hydrogens is 404 g/mol. The molecule has 2 amide bonds. The minimum atomic E-state index is -0.530. The first-order valence-corrected chi connectivity index (χ1v) is 9.24. The molecule has 1 fully saturated rings. The first kappa shape index (κ1) is 18.6. The van der Waals surface area contributed by atoms with E-state index in [2.05, 4.69) is 31.4 Å². The van der Waals surface area contributed by atoms with E-state index in [1.54, 1.807) is 33.6 Å². The fraction of sp³-hybridized carbons (Fsp3) is 0.500. The highest BCUT2D eigenvalue weighted by Crippen LogP contribution is 2.20. The average Bonchev–Trinajstić information content (AvgIpc) is 3.27. The Morgan fingerprint density at radius 1 is 1.31 bits per heavy atom. The van der Waals surface area contributed by atoms with Crippen molar-refractivity contribution in [2.24, 2.45) is 0 Å². The lowest BCUT2D eigenvalue weighted by Crippen LogP contribution is -2.42. The third kappa shape index (κ3) is 3.80. The van der Waals surface area contributed by atoms with Gasteiger partial charge >= 0.3 is 0 Å². The van der Waals surface area contributed by atoms with Gasteiger partial charge in [-0.1, -0.05) is 0 Å². The maximum Gasteiger partial charge on any atom is 0.274 e. The summed E-state index contributed by atoms with van der Waals surface area (Å²) in [6.07, 6.45) is 4.85. The Morgan fingerprint density at radius 2 is 2.04 bits per heavy atom. The molecule has 1 unspecified atom stereocenters. The third-order valence-corrected chi connectivity index (χ3v) is 4.65. The van der Waals surface area contributed by atoms with Gasteiger partial charge in [0.1, 0.15) is 11.7 Å². The van der Waals surface area contributed by atoms with Crippen LogP contribution in [0.5, 0.6) is 0 Å². The number of morpholine rings is 1. The Bertz CT molecular complexity index is 796. The highest BCUT2D eigenvalue weighted by Gasteiger charge is 2.27. The second kappa shape index (κ2) is 8.00. The molecule has 1 saturated heterocycles. The molecule has 2 aromatic heterocycles. The molecule has 1 aliphatic heterocycles. The lowest BCUT2D eigenvalue weighted by Gasteiger charge is -2.27. The second-order valence-corrected chi connectivity index (χ2v) is 6.85. The maximum atomic E-state index is 12.9. The number of aromatic nitrogens is 4. The summed E-state index contributed by atoms with van der Waals surface area (Å²) in [7, 11) is 0. The second-order valence-electron chi connectivity index (χ2n) is 5.93. The number of hydrogen-bond donors (Lipinski definition) is 1. The van der Waals surface area contributed by atoms with Gasteiger partial charge in [0.2, 0.25) is 5.91 Å². The fourth-order valence-electron chi connectivity index (χ4n) is 2.74. The smallest absolute Gasteiger partial charge is 0.274 e. The molecule has 140 valence electrons. The Morgan fingerprint density at radius 3 is 2.65 bits per heavy atom. The monoisotopic (exact) mass is 424 g/mol. The molecule has 0 aliphatic carbocycles. The van der Waals surface area contributed by atoms with Crippen molar-refractivity contribution in [1.29, 1.82) is 0 Å². The number of halogens is 1. The number of amides is 2. The minimum Gasteiger partial charge on any atom is -0.378 e. The number of nitrogens with zero attached hydrogens (tertiary/aromatic N) is 5. The van der Waals surface area contributed by atoms with Crippen molar-refractivity contribution in [3.63, 3.8) is 0 Å². The highest BCUT2D eigenvalue weighted by atomic mass is 79.9. The van der Waals surface area contributed by atoms with Crippen LogP contribution in [-0.2, 0) is 16.1 Å². The molecule has 1 aliphatic rings. The summed E-state index contributed by atoms with van der Waals surface area (Å²) < 4.78 is 9.24. The Balaban J connectivity index is 1.80. The van der Waals surface area contributed by atoms with Gasteiger partial charge in [-0.15, -0.1) is 0 Å². The topological polar surface area (TPSA) is 94.3 Å². The van der Waals surface area contributed by atoms with Gasteiger partial charge in [-0.2, -0.15) is 10.2 Å². The maximum absolute atomic E-state index is 12.9. The van der Waals surface area contributed by atoms with Crippen molar-refractivity contribution in [2.75, 3.05) is 31.6 Å². The van der Waals surface area contributed by atoms with Crippen LogP contribution in [0.15, 0.2) is 23.1 Å². The van der Waals surface area contributed by atoms with Crippen molar-refractivity contribution in [1.82, 2.24) is 24.5 Å². The summed E-state index contributed by atoms with van der Waals surface area (Å²) in [5.74, 6) is -0.426. The van der Waals surface area contributed by atoms with E-state index < -0.39 is 6.04 Å². The van der Waals surface area contributed by atoms with Crippen molar-refractivity contribution in [2.45, 2.75) is 26.4 Å². The summed E-state index contributed by atoms with van der Waals surface area (Å²) in [4.78, 5) is 27.2. The molecule has 0 radical (unpaired) electrons. The van der Waals surface area contributed by atoms with Crippen LogP contribution in [0.2, 0.25) is 0 Å². The first-order valence-electron chi connectivity index (χ1n) is 8.44. The molecule has 0 bridgehead atoms. The molecule has 1 N–H and O–H groups in total. The predicted molar refractivity (Wildman–Crippen MR) is 97.9 cm³/mol. The minimum absolute atomic E-state index is 0.155. The van der Waals surface area contributed by atoms with E-state index in [1.807, 2.05) is 6.92 Å². The average molecular weight is 425 g/mol. The number of hydrogen-bond acceptors (Lipinski definition) is 5. The molecule has 9 nitrogen and oxygen atoms in total. The van der Waals surface area contributed by atoms with E-state index in [-0.39, 0.29) is 11.8 Å². The van der Waals surface area contributed by atoms with E-state index in [1.165, 1.54) is 6.20 Å². The van der Waals surface area contributed by atoms with Gasteiger partial charge in [0, 0.05) is 25.8 Å². The number of carbonyl (C=O) groups excluding carboxylic acids is 2. The van der Waals surface area contributed by atoms with E-state index in [0.717, 1.165) is 4.47 Å². The Hall–Kier alpha value is -2.20. The highest BCUT2D eigenvalue weighted by molar-refractivity contribution is 9.10. The summed E-state index contributed by atoms with van der Waals surface area (Å²) in [6, 6.07) is -0.530. The first-order chi connectivity index (χ1) is 12.5. The summed E-state index contributed by atoms with van der Waals surface area (Å²) in [5.41, 5.74) is 0.794. The van der Waals surface area contributed by atoms with Crippen LogP contribution in [0.25, 0.3) is 0 Å². The van der Waals surface area contributed by atoms with Crippen molar-refractivity contribution >= 4 is 33.4 Å².